The summed E-state index contributed by atoms with van der Waals surface area (Å²) in [5.74, 6) is 1.21. The third-order valence-corrected chi connectivity index (χ3v) is 3.05. The fourth-order valence-electron chi connectivity index (χ4n) is 1.07. The molecular formula is C8H7BrClN5O. The van der Waals surface area contributed by atoms with E-state index in [1.165, 1.54) is 12.7 Å². The molecule has 0 atom stereocenters. The van der Waals surface area contributed by atoms with Gasteiger partial charge in [0.2, 0.25) is 5.89 Å². The van der Waals surface area contributed by atoms with Crippen molar-refractivity contribution in [1.82, 2.24) is 20.1 Å². The van der Waals surface area contributed by atoms with Crippen molar-refractivity contribution < 1.29 is 4.52 Å². The first-order valence-corrected chi connectivity index (χ1v) is 5.60. The lowest BCUT2D eigenvalue weighted by Crippen LogP contribution is -2.07. The highest BCUT2D eigenvalue weighted by atomic mass is 79.9. The highest BCUT2D eigenvalue weighted by Gasteiger charge is 2.06. The van der Waals surface area contributed by atoms with Gasteiger partial charge in [0.25, 0.3) is 0 Å². The van der Waals surface area contributed by atoms with Gasteiger partial charge < -0.3 is 9.84 Å². The number of aromatic nitrogens is 4. The van der Waals surface area contributed by atoms with Crippen molar-refractivity contribution in [3.63, 3.8) is 0 Å². The maximum absolute atomic E-state index is 5.81. The van der Waals surface area contributed by atoms with Crippen LogP contribution in [0.1, 0.15) is 5.89 Å². The van der Waals surface area contributed by atoms with Crippen LogP contribution in [0.25, 0.3) is 0 Å². The first-order chi connectivity index (χ1) is 7.77. The largest absolute Gasteiger partial charge is 0.368 e. The summed E-state index contributed by atoms with van der Waals surface area (Å²) in [6.07, 6.45) is 3.38. The minimum Gasteiger partial charge on any atom is -0.368 e. The van der Waals surface area contributed by atoms with E-state index in [4.69, 9.17) is 16.1 Å². The summed E-state index contributed by atoms with van der Waals surface area (Å²) in [4.78, 5) is 11.8. The SMILES string of the molecule is Clc1ncnc(NCCc2ncno2)c1Br. The molecule has 84 valence electrons. The summed E-state index contributed by atoms with van der Waals surface area (Å²) in [5.41, 5.74) is 0. The maximum Gasteiger partial charge on any atom is 0.228 e. The van der Waals surface area contributed by atoms with Gasteiger partial charge in [-0.05, 0) is 15.9 Å². The quantitative estimate of drug-likeness (QED) is 0.870. The van der Waals surface area contributed by atoms with Gasteiger partial charge in [0.1, 0.15) is 17.3 Å². The number of nitrogens with zero attached hydrogens (tertiary/aromatic N) is 4. The number of hydrogen-bond donors (Lipinski definition) is 1. The second kappa shape index (κ2) is 5.22. The van der Waals surface area contributed by atoms with E-state index in [1.807, 2.05) is 0 Å². The average Bonchev–Trinajstić information content (AvgIpc) is 2.77. The molecule has 2 aromatic rings. The van der Waals surface area contributed by atoms with Crippen LogP contribution in [0, 0.1) is 0 Å². The number of halogens is 2. The molecule has 1 N–H and O–H groups in total. The summed E-state index contributed by atoms with van der Waals surface area (Å²) in [7, 11) is 0. The second-order valence-electron chi connectivity index (χ2n) is 2.84. The van der Waals surface area contributed by atoms with Gasteiger partial charge in [-0.1, -0.05) is 16.8 Å². The Balaban J connectivity index is 1.92. The molecule has 0 spiro atoms. The topological polar surface area (TPSA) is 76.7 Å². The predicted molar refractivity (Wildman–Crippen MR) is 61.2 cm³/mol. The van der Waals surface area contributed by atoms with Crippen molar-refractivity contribution in [2.24, 2.45) is 0 Å². The van der Waals surface area contributed by atoms with Crippen molar-refractivity contribution in [3.05, 3.63) is 28.2 Å². The number of nitrogens with one attached hydrogen (secondary N) is 1. The fourth-order valence-corrected chi connectivity index (χ4v) is 1.54. The zero-order chi connectivity index (χ0) is 11.4. The van der Waals surface area contributed by atoms with Crippen LogP contribution in [0.2, 0.25) is 5.15 Å². The number of anilines is 1. The summed E-state index contributed by atoms with van der Waals surface area (Å²) in [6.45, 7) is 0.619. The van der Waals surface area contributed by atoms with Gasteiger partial charge in [-0.3, -0.25) is 0 Å². The minimum atomic E-state index is 0.371. The molecule has 0 aliphatic rings. The molecule has 0 bridgehead atoms. The lowest BCUT2D eigenvalue weighted by atomic mass is 10.4. The van der Waals surface area contributed by atoms with Crippen molar-refractivity contribution in [2.75, 3.05) is 11.9 Å². The Morgan fingerprint density at radius 3 is 2.94 bits per heavy atom. The zero-order valence-corrected chi connectivity index (χ0v) is 10.4. The van der Waals surface area contributed by atoms with Gasteiger partial charge in [-0.2, -0.15) is 4.98 Å². The van der Waals surface area contributed by atoms with E-state index >= 15 is 0 Å². The van der Waals surface area contributed by atoms with E-state index in [2.05, 4.69) is 41.4 Å². The van der Waals surface area contributed by atoms with Crippen molar-refractivity contribution in [1.29, 1.82) is 0 Å². The maximum atomic E-state index is 5.81. The van der Waals surface area contributed by atoms with Gasteiger partial charge in [0.15, 0.2) is 6.33 Å². The Hall–Kier alpha value is -1.21. The average molecular weight is 305 g/mol. The first kappa shape index (κ1) is 11.3. The molecule has 0 saturated carbocycles. The van der Waals surface area contributed by atoms with Crippen LogP contribution >= 0.6 is 27.5 Å². The molecule has 0 aromatic carbocycles. The van der Waals surface area contributed by atoms with Gasteiger partial charge in [0.05, 0.1) is 4.47 Å². The van der Waals surface area contributed by atoms with E-state index in [-0.39, 0.29) is 0 Å². The van der Waals surface area contributed by atoms with Gasteiger partial charge in [0, 0.05) is 13.0 Å². The third kappa shape index (κ3) is 2.67. The van der Waals surface area contributed by atoms with E-state index in [0.717, 1.165) is 0 Å². The Morgan fingerprint density at radius 1 is 1.31 bits per heavy atom. The predicted octanol–water partition coefficient (Wildman–Crippen LogP) is 1.93. The van der Waals surface area contributed by atoms with Gasteiger partial charge in [-0.15, -0.1) is 0 Å². The summed E-state index contributed by atoms with van der Waals surface area (Å²) < 4.78 is 5.49. The number of hydrogen-bond acceptors (Lipinski definition) is 6. The van der Waals surface area contributed by atoms with Crippen LogP contribution in [0.4, 0.5) is 5.82 Å². The van der Waals surface area contributed by atoms with Crippen LogP contribution < -0.4 is 5.32 Å². The summed E-state index contributed by atoms with van der Waals surface area (Å²) in [6, 6.07) is 0. The molecule has 6 nitrogen and oxygen atoms in total. The lowest BCUT2D eigenvalue weighted by Gasteiger charge is -2.05. The Bertz CT molecular complexity index is 463. The molecule has 0 amide bonds. The van der Waals surface area contributed by atoms with Crippen molar-refractivity contribution in [3.8, 4) is 0 Å². The molecule has 16 heavy (non-hydrogen) atoms. The molecule has 0 aliphatic carbocycles. The molecular weight excluding hydrogens is 297 g/mol. The molecule has 2 rings (SSSR count). The molecule has 0 fully saturated rings. The van der Waals surface area contributed by atoms with Crippen LogP contribution in [0.3, 0.4) is 0 Å². The van der Waals surface area contributed by atoms with Crippen LogP contribution in [0.5, 0.6) is 0 Å². The molecule has 2 aromatic heterocycles. The van der Waals surface area contributed by atoms with Crippen molar-refractivity contribution >= 4 is 33.3 Å². The van der Waals surface area contributed by atoms with Crippen molar-refractivity contribution in [2.45, 2.75) is 6.42 Å². The molecule has 0 aliphatic heterocycles. The normalized spacial score (nSPS) is 10.4. The van der Waals surface area contributed by atoms with E-state index in [9.17, 15) is 0 Å². The monoisotopic (exact) mass is 303 g/mol. The van der Waals surface area contributed by atoms with Gasteiger partial charge >= 0.3 is 0 Å². The van der Waals surface area contributed by atoms with Crippen LogP contribution in [0.15, 0.2) is 21.7 Å². The highest BCUT2D eigenvalue weighted by molar-refractivity contribution is 9.10. The second-order valence-corrected chi connectivity index (χ2v) is 3.99. The Kier molecular flexibility index (Phi) is 3.68. The Morgan fingerprint density at radius 2 is 2.19 bits per heavy atom. The van der Waals surface area contributed by atoms with Crippen LogP contribution in [-0.4, -0.2) is 26.7 Å². The van der Waals surface area contributed by atoms with E-state index in [0.29, 0.717) is 34.3 Å². The molecule has 2 heterocycles. The summed E-state index contributed by atoms with van der Waals surface area (Å²) >= 11 is 9.10. The first-order valence-electron chi connectivity index (χ1n) is 4.43. The Labute approximate surface area is 105 Å². The molecule has 0 unspecified atom stereocenters. The highest BCUT2D eigenvalue weighted by Crippen LogP contribution is 2.25. The lowest BCUT2D eigenvalue weighted by molar-refractivity contribution is 0.379. The zero-order valence-electron chi connectivity index (χ0n) is 8.02. The van der Waals surface area contributed by atoms with Crippen LogP contribution in [-0.2, 0) is 6.42 Å². The molecule has 8 heteroatoms. The molecule has 0 radical (unpaired) electrons. The smallest absolute Gasteiger partial charge is 0.228 e. The molecule has 0 saturated heterocycles. The van der Waals surface area contributed by atoms with Gasteiger partial charge in [-0.25, -0.2) is 9.97 Å². The number of rotatable bonds is 4. The third-order valence-electron chi connectivity index (χ3n) is 1.79. The van der Waals surface area contributed by atoms with E-state index in [1.54, 1.807) is 0 Å². The fraction of sp³-hybridized carbons (Fsp3) is 0.250. The standard InChI is InChI=1S/C8H7BrClN5O/c9-6-7(10)13-3-14-8(6)11-2-1-5-12-4-15-16-5/h3-4H,1-2H2,(H,11,13,14). The van der Waals surface area contributed by atoms with E-state index < -0.39 is 0 Å². The minimum absolute atomic E-state index is 0.371. The summed E-state index contributed by atoms with van der Waals surface area (Å²) in [5, 5.41) is 6.96.